The topological polar surface area (TPSA) is 72.2 Å². The van der Waals surface area contributed by atoms with Crippen molar-refractivity contribution in [1.82, 2.24) is 4.72 Å². The third-order valence-electron chi connectivity index (χ3n) is 2.19. The van der Waals surface area contributed by atoms with E-state index < -0.39 is 10.0 Å². The number of hydrogen-bond donors (Lipinski definition) is 2. The first-order valence-electron chi connectivity index (χ1n) is 4.67. The molecule has 1 fully saturated rings. The maximum atomic E-state index is 12.0. The number of benzene rings is 1. The molecule has 3 N–H and O–H groups in total. The standard InChI is InChI=1S/C9H10Br2N2O2S/c10-7-3-5(12)4-8(11)9(7)16(14,15)13-6-1-2-6/h3-4,6,13H,1-2,12H2. The molecule has 1 saturated carbocycles. The number of anilines is 1. The van der Waals surface area contributed by atoms with E-state index in [0.717, 1.165) is 12.8 Å². The zero-order valence-corrected chi connectivity index (χ0v) is 12.2. The molecule has 88 valence electrons. The fraction of sp³-hybridized carbons (Fsp3) is 0.333. The molecular weight excluding hydrogens is 360 g/mol. The van der Waals surface area contributed by atoms with Gasteiger partial charge in [-0.15, -0.1) is 0 Å². The summed E-state index contributed by atoms with van der Waals surface area (Å²) < 4.78 is 27.6. The molecule has 2 rings (SSSR count). The Balaban J connectivity index is 2.46. The lowest BCUT2D eigenvalue weighted by molar-refractivity contribution is 0.580. The summed E-state index contributed by atoms with van der Waals surface area (Å²) in [6, 6.07) is 3.24. The van der Waals surface area contributed by atoms with Gasteiger partial charge < -0.3 is 5.73 Å². The van der Waals surface area contributed by atoms with Gasteiger partial charge in [0.05, 0.1) is 0 Å². The number of nitrogens with one attached hydrogen (secondary N) is 1. The second kappa shape index (κ2) is 4.29. The first kappa shape index (κ1) is 12.3. The molecular formula is C9H10Br2N2O2S. The predicted octanol–water partition coefficient (Wildman–Crippen LogP) is 2.23. The molecule has 0 amide bonds. The smallest absolute Gasteiger partial charge is 0.243 e. The summed E-state index contributed by atoms with van der Waals surface area (Å²) in [5, 5.41) is 0. The van der Waals surface area contributed by atoms with E-state index in [1.54, 1.807) is 12.1 Å². The Hall–Kier alpha value is -0.110. The lowest BCUT2D eigenvalue weighted by Crippen LogP contribution is -2.26. The first-order valence-corrected chi connectivity index (χ1v) is 7.74. The summed E-state index contributed by atoms with van der Waals surface area (Å²) in [5.74, 6) is 0. The van der Waals surface area contributed by atoms with Crippen LogP contribution in [0.5, 0.6) is 0 Å². The van der Waals surface area contributed by atoms with Gasteiger partial charge in [-0.05, 0) is 56.8 Å². The van der Waals surface area contributed by atoms with Crippen LogP contribution in [0.25, 0.3) is 0 Å². The maximum absolute atomic E-state index is 12.0. The number of nitrogens with two attached hydrogens (primary N) is 1. The van der Waals surface area contributed by atoms with Crippen LogP contribution in [0.2, 0.25) is 0 Å². The van der Waals surface area contributed by atoms with Gasteiger partial charge in [0, 0.05) is 20.7 Å². The molecule has 0 bridgehead atoms. The number of hydrogen-bond acceptors (Lipinski definition) is 3. The molecule has 1 aliphatic carbocycles. The van der Waals surface area contributed by atoms with E-state index in [2.05, 4.69) is 36.6 Å². The zero-order valence-electron chi connectivity index (χ0n) is 8.20. The van der Waals surface area contributed by atoms with Crippen molar-refractivity contribution < 1.29 is 8.42 Å². The summed E-state index contributed by atoms with van der Waals surface area (Å²) in [4.78, 5) is 0.202. The van der Waals surface area contributed by atoms with Crippen molar-refractivity contribution >= 4 is 47.6 Å². The van der Waals surface area contributed by atoms with E-state index in [9.17, 15) is 8.42 Å². The number of halogens is 2. The highest BCUT2D eigenvalue weighted by Crippen LogP contribution is 2.33. The largest absolute Gasteiger partial charge is 0.399 e. The van der Waals surface area contributed by atoms with Crippen molar-refractivity contribution in [2.24, 2.45) is 0 Å². The highest BCUT2D eigenvalue weighted by Gasteiger charge is 2.30. The second-order valence-corrected chi connectivity index (χ2v) is 7.07. The minimum Gasteiger partial charge on any atom is -0.399 e. The van der Waals surface area contributed by atoms with Gasteiger partial charge in [0.1, 0.15) is 4.90 Å². The molecule has 0 heterocycles. The van der Waals surface area contributed by atoms with Crippen LogP contribution in [0.4, 0.5) is 5.69 Å². The Kier molecular flexibility index (Phi) is 3.31. The van der Waals surface area contributed by atoms with Crippen molar-refractivity contribution in [3.63, 3.8) is 0 Å². The van der Waals surface area contributed by atoms with Gasteiger partial charge in [0.25, 0.3) is 0 Å². The summed E-state index contributed by atoms with van der Waals surface area (Å²) in [5.41, 5.74) is 6.11. The minimum atomic E-state index is -3.47. The van der Waals surface area contributed by atoms with Crippen LogP contribution in [0.15, 0.2) is 26.0 Å². The van der Waals surface area contributed by atoms with E-state index in [1.165, 1.54) is 0 Å². The van der Waals surface area contributed by atoms with E-state index in [0.29, 0.717) is 14.6 Å². The fourth-order valence-corrected chi connectivity index (χ4v) is 5.24. The summed E-state index contributed by atoms with van der Waals surface area (Å²) in [6.07, 6.45) is 1.81. The van der Waals surface area contributed by atoms with E-state index in [4.69, 9.17) is 5.73 Å². The van der Waals surface area contributed by atoms with Crippen LogP contribution in [0.1, 0.15) is 12.8 Å². The Labute approximate surface area is 111 Å². The van der Waals surface area contributed by atoms with Crippen LogP contribution in [0.3, 0.4) is 0 Å². The van der Waals surface area contributed by atoms with Gasteiger partial charge in [0.15, 0.2) is 0 Å². The lowest BCUT2D eigenvalue weighted by Gasteiger charge is -2.10. The number of sulfonamides is 1. The van der Waals surface area contributed by atoms with Gasteiger partial charge in [0.2, 0.25) is 10.0 Å². The zero-order chi connectivity index (χ0) is 11.9. The lowest BCUT2D eigenvalue weighted by atomic mass is 10.3. The van der Waals surface area contributed by atoms with Crippen LogP contribution >= 0.6 is 31.9 Å². The fourth-order valence-electron chi connectivity index (χ4n) is 1.32. The monoisotopic (exact) mass is 368 g/mol. The van der Waals surface area contributed by atoms with Gasteiger partial charge >= 0.3 is 0 Å². The Morgan fingerprint density at radius 2 is 1.75 bits per heavy atom. The molecule has 0 aromatic heterocycles. The van der Waals surface area contributed by atoms with Crippen molar-refractivity contribution in [2.75, 3.05) is 5.73 Å². The number of nitrogen functional groups attached to an aromatic ring is 1. The Morgan fingerprint density at radius 1 is 1.25 bits per heavy atom. The van der Waals surface area contributed by atoms with Crippen molar-refractivity contribution in [1.29, 1.82) is 0 Å². The highest BCUT2D eigenvalue weighted by atomic mass is 79.9. The summed E-state index contributed by atoms with van der Waals surface area (Å²) in [6.45, 7) is 0. The molecule has 1 aliphatic rings. The van der Waals surface area contributed by atoms with Crippen molar-refractivity contribution in [3.8, 4) is 0 Å². The first-order chi connectivity index (χ1) is 7.40. The van der Waals surface area contributed by atoms with Crippen molar-refractivity contribution in [3.05, 3.63) is 21.1 Å². The Bertz CT molecular complexity index is 503. The molecule has 1 aromatic rings. The molecule has 0 saturated heterocycles. The molecule has 0 radical (unpaired) electrons. The Morgan fingerprint density at radius 3 is 2.19 bits per heavy atom. The molecule has 4 nitrogen and oxygen atoms in total. The van der Waals surface area contributed by atoms with E-state index in [1.807, 2.05) is 0 Å². The van der Waals surface area contributed by atoms with E-state index in [-0.39, 0.29) is 10.9 Å². The molecule has 0 aliphatic heterocycles. The SMILES string of the molecule is Nc1cc(Br)c(S(=O)(=O)NC2CC2)c(Br)c1. The normalized spacial score (nSPS) is 16.4. The molecule has 16 heavy (non-hydrogen) atoms. The molecule has 0 spiro atoms. The number of rotatable bonds is 3. The highest BCUT2D eigenvalue weighted by molar-refractivity contribution is 9.11. The second-order valence-electron chi connectivity index (χ2n) is 3.71. The van der Waals surface area contributed by atoms with Crippen LogP contribution < -0.4 is 10.5 Å². The van der Waals surface area contributed by atoms with Gasteiger partial charge in [-0.3, -0.25) is 0 Å². The van der Waals surface area contributed by atoms with Gasteiger partial charge in [-0.1, -0.05) is 0 Å². The average Bonchev–Trinajstić information content (AvgIpc) is 2.83. The minimum absolute atomic E-state index is 0.0846. The van der Waals surface area contributed by atoms with Gasteiger partial charge in [-0.25, -0.2) is 13.1 Å². The third kappa shape index (κ3) is 2.58. The predicted molar refractivity (Wildman–Crippen MR) is 69.6 cm³/mol. The van der Waals surface area contributed by atoms with Crippen LogP contribution in [-0.2, 0) is 10.0 Å². The van der Waals surface area contributed by atoms with Crippen LogP contribution in [-0.4, -0.2) is 14.5 Å². The molecule has 0 atom stereocenters. The maximum Gasteiger partial charge on any atom is 0.243 e. The quantitative estimate of drug-likeness (QED) is 0.802. The molecule has 1 aromatic carbocycles. The molecule has 7 heteroatoms. The third-order valence-corrected chi connectivity index (χ3v) is 5.59. The van der Waals surface area contributed by atoms with Crippen LogP contribution in [0, 0.1) is 0 Å². The average molecular weight is 370 g/mol. The molecule has 0 unspecified atom stereocenters. The summed E-state index contributed by atoms with van der Waals surface area (Å²) >= 11 is 6.43. The van der Waals surface area contributed by atoms with Gasteiger partial charge in [-0.2, -0.15) is 0 Å². The van der Waals surface area contributed by atoms with Crippen molar-refractivity contribution in [2.45, 2.75) is 23.8 Å². The van der Waals surface area contributed by atoms with E-state index >= 15 is 0 Å². The summed E-state index contributed by atoms with van der Waals surface area (Å²) in [7, 11) is -3.47.